The summed E-state index contributed by atoms with van der Waals surface area (Å²) in [5.74, 6) is -0.602. The Hall–Kier alpha value is -2.75. The van der Waals surface area contributed by atoms with Gasteiger partial charge in [-0.1, -0.05) is 18.6 Å². The van der Waals surface area contributed by atoms with E-state index < -0.39 is 15.9 Å². The predicted octanol–water partition coefficient (Wildman–Crippen LogP) is 1.21. The predicted molar refractivity (Wildman–Crippen MR) is 115 cm³/mol. The molecule has 0 spiro atoms. The molecule has 1 saturated carbocycles. The zero-order chi connectivity index (χ0) is 22.0. The van der Waals surface area contributed by atoms with Crippen molar-refractivity contribution in [3.8, 4) is 0 Å². The fraction of sp³-hybridized carbons (Fsp3) is 0.524. The van der Waals surface area contributed by atoms with Gasteiger partial charge in [-0.15, -0.1) is 0 Å². The van der Waals surface area contributed by atoms with E-state index in [0.29, 0.717) is 12.1 Å². The van der Waals surface area contributed by atoms with Crippen LogP contribution in [0.3, 0.4) is 0 Å². The molecule has 1 aliphatic carbocycles. The number of hydrogen-bond acceptors (Lipinski definition) is 6. The van der Waals surface area contributed by atoms with Gasteiger partial charge in [-0.25, -0.2) is 13.4 Å². The van der Waals surface area contributed by atoms with Crippen LogP contribution in [0, 0.1) is 5.92 Å². The van der Waals surface area contributed by atoms with Crippen LogP contribution in [0.15, 0.2) is 29.4 Å². The molecule has 166 valence electrons. The summed E-state index contributed by atoms with van der Waals surface area (Å²) >= 11 is 0. The van der Waals surface area contributed by atoms with E-state index in [-0.39, 0.29) is 60.2 Å². The van der Waals surface area contributed by atoms with Crippen molar-refractivity contribution in [2.45, 2.75) is 51.1 Å². The maximum absolute atomic E-state index is 12.6. The van der Waals surface area contributed by atoms with Crippen LogP contribution in [-0.2, 0) is 30.8 Å². The van der Waals surface area contributed by atoms with Crippen molar-refractivity contribution in [3.05, 3.63) is 29.8 Å². The lowest BCUT2D eigenvalue weighted by molar-refractivity contribution is -0.133. The third kappa shape index (κ3) is 5.12. The summed E-state index contributed by atoms with van der Waals surface area (Å²) in [5.41, 5.74) is 1.74. The number of amides is 3. The number of carbonyl (C=O) groups is 3. The van der Waals surface area contributed by atoms with Gasteiger partial charge in [-0.05, 0) is 37.0 Å². The van der Waals surface area contributed by atoms with Crippen LogP contribution in [0.25, 0.3) is 0 Å². The van der Waals surface area contributed by atoms with Gasteiger partial charge in [0.25, 0.3) is 5.91 Å². The highest BCUT2D eigenvalue weighted by Gasteiger charge is 2.37. The normalized spacial score (nSPS) is 23.1. The molecule has 9 nitrogen and oxygen atoms in total. The van der Waals surface area contributed by atoms with Crippen molar-refractivity contribution in [2.24, 2.45) is 11.0 Å². The number of rotatable bonds is 6. The quantitative estimate of drug-likeness (QED) is 0.679. The first kappa shape index (κ1) is 21.5. The van der Waals surface area contributed by atoms with Crippen molar-refractivity contribution in [2.75, 3.05) is 16.8 Å². The van der Waals surface area contributed by atoms with Crippen molar-refractivity contribution in [3.63, 3.8) is 0 Å². The van der Waals surface area contributed by atoms with Crippen LogP contribution in [0.1, 0.15) is 44.1 Å². The third-order valence-electron chi connectivity index (χ3n) is 6.00. The molecule has 0 bridgehead atoms. The van der Waals surface area contributed by atoms with Crippen molar-refractivity contribution < 1.29 is 22.8 Å². The summed E-state index contributed by atoms with van der Waals surface area (Å²) < 4.78 is 23.5. The molecule has 2 fully saturated rings. The summed E-state index contributed by atoms with van der Waals surface area (Å²) in [5, 5.41) is 11.1. The van der Waals surface area contributed by atoms with Crippen LogP contribution in [-0.4, -0.2) is 54.4 Å². The van der Waals surface area contributed by atoms with Gasteiger partial charge in [0.1, 0.15) is 5.71 Å². The van der Waals surface area contributed by atoms with Gasteiger partial charge in [0.15, 0.2) is 9.84 Å². The largest absolute Gasteiger partial charge is 0.347 e. The zero-order valence-corrected chi connectivity index (χ0v) is 18.0. The van der Waals surface area contributed by atoms with Crippen molar-refractivity contribution >= 4 is 39.0 Å². The summed E-state index contributed by atoms with van der Waals surface area (Å²) in [6, 6.07) is 6.79. The molecule has 1 aromatic rings. The fourth-order valence-corrected chi connectivity index (χ4v) is 5.64. The molecule has 2 aliphatic heterocycles. The van der Waals surface area contributed by atoms with E-state index in [4.69, 9.17) is 0 Å². The first-order chi connectivity index (χ1) is 14.8. The van der Waals surface area contributed by atoms with Gasteiger partial charge in [-0.3, -0.25) is 14.4 Å². The number of nitrogens with one attached hydrogen (secondary N) is 2. The second-order valence-corrected chi connectivity index (χ2v) is 10.6. The zero-order valence-electron chi connectivity index (χ0n) is 17.2. The molecule has 1 atom stereocenters. The number of sulfone groups is 1. The maximum atomic E-state index is 12.6. The molecule has 31 heavy (non-hydrogen) atoms. The highest BCUT2D eigenvalue weighted by molar-refractivity contribution is 7.91. The molecular weight excluding hydrogens is 420 g/mol. The van der Waals surface area contributed by atoms with E-state index in [1.165, 1.54) is 5.01 Å². The minimum absolute atomic E-state index is 0.0303. The van der Waals surface area contributed by atoms with Gasteiger partial charge in [0.2, 0.25) is 11.8 Å². The Morgan fingerprint density at radius 2 is 1.97 bits per heavy atom. The SMILES string of the molecule is O=C(NCc1cccc(NC(=O)C2CCC2)c1)C1=NN(C2CCS(=O)(=O)C2)C(=O)CC1. The van der Waals surface area contributed by atoms with Crippen molar-refractivity contribution in [1.29, 1.82) is 0 Å². The lowest BCUT2D eigenvalue weighted by Gasteiger charge is -2.27. The summed E-state index contributed by atoms with van der Waals surface area (Å²) in [4.78, 5) is 36.9. The Labute approximate surface area is 181 Å². The number of nitrogens with zero attached hydrogens (tertiary/aromatic N) is 2. The number of carbonyl (C=O) groups excluding carboxylic acids is 3. The molecule has 4 rings (SSSR count). The van der Waals surface area contributed by atoms with Crippen LogP contribution < -0.4 is 10.6 Å². The van der Waals surface area contributed by atoms with Gasteiger partial charge in [-0.2, -0.15) is 5.10 Å². The lowest BCUT2D eigenvalue weighted by Crippen LogP contribution is -2.43. The minimum Gasteiger partial charge on any atom is -0.347 e. The molecule has 1 aromatic carbocycles. The second kappa shape index (κ2) is 8.78. The Balaban J connectivity index is 1.36. The average molecular weight is 447 g/mol. The average Bonchev–Trinajstić information content (AvgIpc) is 3.05. The number of benzene rings is 1. The van der Waals surface area contributed by atoms with Crippen LogP contribution in [0.4, 0.5) is 5.69 Å². The Bertz CT molecular complexity index is 1030. The van der Waals surface area contributed by atoms with E-state index >= 15 is 0 Å². The van der Waals surface area contributed by atoms with E-state index in [2.05, 4.69) is 15.7 Å². The third-order valence-corrected chi connectivity index (χ3v) is 7.75. The highest BCUT2D eigenvalue weighted by atomic mass is 32.2. The first-order valence-electron chi connectivity index (χ1n) is 10.6. The van der Waals surface area contributed by atoms with E-state index in [0.717, 1.165) is 24.8 Å². The fourth-order valence-electron chi connectivity index (χ4n) is 3.95. The second-order valence-electron chi connectivity index (χ2n) is 8.34. The number of hydrazone groups is 1. The molecule has 2 heterocycles. The molecule has 3 amide bonds. The minimum atomic E-state index is -3.16. The molecule has 2 N–H and O–H groups in total. The standard InChI is InChI=1S/C21H26N4O5S/c26-19-8-7-18(24-25(19)17-9-10-31(29,30)13-17)21(28)22-12-14-3-1-6-16(11-14)23-20(27)15-4-2-5-15/h1,3,6,11,15,17H,2,4-5,7-10,12-13H2,(H,22,28)(H,23,27). The molecular formula is C21H26N4O5S. The van der Waals surface area contributed by atoms with Crippen LogP contribution in [0.2, 0.25) is 0 Å². The van der Waals surface area contributed by atoms with Crippen molar-refractivity contribution in [1.82, 2.24) is 10.3 Å². The number of hydrogen-bond donors (Lipinski definition) is 2. The van der Waals surface area contributed by atoms with Crippen LogP contribution in [0.5, 0.6) is 0 Å². The van der Waals surface area contributed by atoms with Crippen LogP contribution >= 0.6 is 0 Å². The molecule has 1 unspecified atom stereocenters. The smallest absolute Gasteiger partial charge is 0.267 e. The Kier molecular flexibility index (Phi) is 6.08. The Morgan fingerprint density at radius 3 is 2.65 bits per heavy atom. The van der Waals surface area contributed by atoms with E-state index in [9.17, 15) is 22.8 Å². The molecule has 10 heteroatoms. The van der Waals surface area contributed by atoms with E-state index in [1.807, 2.05) is 24.3 Å². The monoisotopic (exact) mass is 446 g/mol. The summed E-state index contributed by atoms with van der Waals surface area (Å²) in [7, 11) is -3.16. The maximum Gasteiger partial charge on any atom is 0.267 e. The topological polar surface area (TPSA) is 125 Å². The molecule has 0 radical (unpaired) electrons. The lowest BCUT2D eigenvalue weighted by atomic mass is 9.85. The molecule has 1 saturated heterocycles. The van der Waals surface area contributed by atoms with Gasteiger partial charge in [0.05, 0.1) is 17.5 Å². The molecule has 3 aliphatic rings. The first-order valence-corrected chi connectivity index (χ1v) is 12.4. The summed E-state index contributed by atoms with van der Waals surface area (Å²) in [6.07, 6.45) is 3.63. The number of anilines is 1. The summed E-state index contributed by atoms with van der Waals surface area (Å²) in [6.45, 7) is 0.247. The van der Waals surface area contributed by atoms with Gasteiger partial charge < -0.3 is 10.6 Å². The van der Waals surface area contributed by atoms with E-state index in [1.54, 1.807) is 0 Å². The highest BCUT2D eigenvalue weighted by Crippen LogP contribution is 2.27. The van der Waals surface area contributed by atoms with Gasteiger partial charge >= 0.3 is 0 Å². The molecule has 0 aromatic heterocycles. The Morgan fingerprint density at radius 1 is 1.16 bits per heavy atom. The van der Waals surface area contributed by atoms with Gasteiger partial charge in [0, 0.05) is 31.0 Å².